The minimum absolute atomic E-state index is 0.194. The van der Waals surface area contributed by atoms with Crippen molar-refractivity contribution < 1.29 is 23.7 Å². The first-order valence-electron chi connectivity index (χ1n) is 14.9. The van der Waals surface area contributed by atoms with E-state index in [1.54, 1.807) is 31.6 Å². The first-order valence-corrected chi connectivity index (χ1v) is 16.1. The minimum Gasteiger partial charge on any atom is -0.497 e. The molecule has 4 aromatic rings. The Bertz CT molecular complexity index is 1980. The summed E-state index contributed by atoms with van der Waals surface area (Å²) in [5.74, 6) is 1.26. The van der Waals surface area contributed by atoms with Gasteiger partial charge >= 0.3 is 5.97 Å². The molecule has 0 fully saturated rings. The maximum atomic E-state index is 14.2. The number of allylic oxidation sites excluding steroid dienone is 2. The van der Waals surface area contributed by atoms with E-state index < -0.39 is 12.0 Å². The zero-order valence-corrected chi connectivity index (χ0v) is 27.7. The molecule has 0 N–H and O–H groups in total. The van der Waals surface area contributed by atoms with Gasteiger partial charge in [0, 0.05) is 10.6 Å². The smallest absolute Gasteiger partial charge is 0.338 e. The van der Waals surface area contributed by atoms with Gasteiger partial charge in [0.1, 0.15) is 12.4 Å². The van der Waals surface area contributed by atoms with Gasteiger partial charge in [0.2, 0.25) is 0 Å². The van der Waals surface area contributed by atoms with Crippen LogP contribution in [0.2, 0.25) is 5.02 Å². The number of ether oxygens (including phenoxy) is 4. The van der Waals surface area contributed by atoms with Crippen LogP contribution in [0, 0.1) is 0 Å². The second kappa shape index (κ2) is 14.7. The van der Waals surface area contributed by atoms with Gasteiger partial charge in [-0.25, -0.2) is 9.79 Å². The first kappa shape index (κ1) is 32.8. The molecule has 0 bridgehead atoms. The SMILES string of the molecule is C=CCc1cc(/C=c2/sc3n(c2=O)[C@H](c2cccc(OC)c2)C(C(=O)OCC)=C(C)N=3)cc(OCC)c1OCc1ccc(Cl)cc1. The molecule has 10 heteroatoms. The Hall–Kier alpha value is -4.60. The second-order valence-electron chi connectivity index (χ2n) is 10.4. The molecule has 1 aliphatic rings. The quantitative estimate of drug-likeness (QED) is 0.134. The highest BCUT2D eigenvalue weighted by molar-refractivity contribution is 7.07. The molecule has 0 radical (unpaired) electrons. The molecule has 5 rings (SSSR count). The molecule has 0 amide bonds. The van der Waals surface area contributed by atoms with Crippen molar-refractivity contribution in [2.45, 2.75) is 39.8 Å². The average Bonchev–Trinajstić information content (AvgIpc) is 3.34. The lowest BCUT2D eigenvalue weighted by Crippen LogP contribution is -2.39. The van der Waals surface area contributed by atoms with Crippen LogP contribution in [0.25, 0.3) is 6.08 Å². The Balaban J connectivity index is 1.63. The molecule has 0 saturated carbocycles. The summed E-state index contributed by atoms with van der Waals surface area (Å²) in [5, 5.41) is 0.655. The standard InChI is InChI=1S/C36H35ClN2O6S/c1-6-10-26-17-24(18-29(43-7-2)33(26)45-21-23-13-15-27(37)16-14-23)19-30-34(40)39-32(25-11-9-12-28(20-25)42-5)31(35(41)44-8-3)22(4)38-36(39)46-30/h6,9,11-20,32H,1,7-8,10,21H2,2-5H3/b30-19+/t32-/m1/s1. The molecule has 0 aliphatic carbocycles. The van der Waals surface area contributed by atoms with Crippen LogP contribution in [-0.2, 0) is 22.6 Å². The van der Waals surface area contributed by atoms with Gasteiger partial charge in [0.15, 0.2) is 16.3 Å². The summed E-state index contributed by atoms with van der Waals surface area (Å²) in [4.78, 5) is 32.5. The van der Waals surface area contributed by atoms with Gasteiger partial charge in [-0.3, -0.25) is 9.36 Å². The lowest BCUT2D eigenvalue weighted by atomic mass is 9.95. The van der Waals surface area contributed by atoms with Gasteiger partial charge in [-0.15, -0.1) is 6.58 Å². The second-order valence-corrected chi connectivity index (χ2v) is 11.9. The van der Waals surface area contributed by atoms with E-state index in [1.807, 2.05) is 73.7 Å². The van der Waals surface area contributed by atoms with Gasteiger partial charge in [-0.1, -0.05) is 53.3 Å². The first-order chi connectivity index (χ1) is 22.3. The molecule has 2 heterocycles. The molecule has 0 saturated heterocycles. The molecule has 46 heavy (non-hydrogen) atoms. The molecule has 8 nitrogen and oxygen atoms in total. The number of benzene rings is 3. The normalized spacial score (nSPS) is 14.4. The summed E-state index contributed by atoms with van der Waals surface area (Å²) >= 11 is 7.31. The third-order valence-electron chi connectivity index (χ3n) is 7.34. The van der Waals surface area contributed by atoms with Crippen molar-refractivity contribution >= 4 is 35.0 Å². The predicted octanol–water partition coefficient (Wildman–Crippen LogP) is 6.17. The fourth-order valence-corrected chi connectivity index (χ4v) is 6.48. The van der Waals surface area contributed by atoms with Gasteiger partial charge in [0.05, 0.1) is 42.2 Å². The Morgan fingerprint density at radius 2 is 1.87 bits per heavy atom. The van der Waals surface area contributed by atoms with Crippen LogP contribution < -0.4 is 29.1 Å². The van der Waals surface area contributed by atoms with E-state index in [1.165, 1.54) is 11.3 Å². The molecule has 3 aromatic carbocycles. The summed E-state index contributed by atoms with van der Waals surface area (Å²) < 4.78 is 25.2. The van der Waals surface area contributed by atoms with E-state index in [0.29, 0.717) is 68.1 Å². The maximum absolute atomic E-state index is 14.2. The number of carbonyl (C=O) groups excluding carboxylic acids is 1. The predicted molar refractivity (Wildman–Crippen MR) is 181 cm³/mol. The van der Waals surface area contributed by atoms with Crippen LogP contribution in [0.4, 0.5) is 0 Å². The zero-order chi connectivity index (χ0) is 32.8. The number of hydrogen-bond donors (Lipinski definition) is 0. The molecular weight excluding hydrogens is 624 g/mol. The van der Waals surface area contributed by atoms with E-state index in [4.69, 9.17) is 30.5 Å². The van der Waals surface area contributed by atoms with E-state index >= 15 is 0 Å². The van der Waals surface area contributed by atoms with Crippen LogP contribution in [0.3, 0.4) is 0 Å². The largest absolute Gasteiger partial charge is 0.497 e. The van der Waals surface area contributed by atoms with Crippen LogP contribution in [0.15, 0.2) is 94.4 Å². The lowest BCUT2D eigenvalue weighted by molar-refractivity contribution is -0.139. The highest BCUT2D eigenvalue weighted by atomic mass is 35.5. The molecule has 1 aromatic heterocycles. The summed E-state index contributed by atoms with van der Waals surface area (Å²) in [6.45, 7) is 10.3. The molecule has 238 valence electrons. The minimum atomic E-state index is -0.744. The number of hydrogen-bond acceptors (Lipinski definition) is 8. The Kier molecular flexibility index (Phi) is 10.4. The van der Waals surface area contributed by atoms with E-state index in [2.05, 4.69) is 11.6 Å². The lowest BCUT2D eigenvalue weighted by Gasteiger charge is -2.25. The Morgan fingerprint density at radius 1 is 1.09 bits per heavy atom. The van der Waals surface area contributed by atoms with Crippen molar-refractivity contribution in [3.63, 3.8) is 0 Å². The third kappa shape index (κ3) is 6.95. The Morgan fingerprint density at radius 3 is 2.57 bits per heavy atom. The summed E-state index contributed by atoms with van der Waals surface area (Å²) in [6, 6.07) is 17.9. The number of halogens is 1. The molecular formula is C36H35ClN2O6S. The topological polar surface area (TPSA) is 88.4 Å². The number of fused-ring (bicyclic) bond motifs is 1. The van der Waals surface area contributed by atoms with Gasteiger partial charge < -0.3 is 18.9 Å². The van der Waals surface area contributed by atoms with E-state index in [-0.39, 0.29) is 12.2 Å². The van der Waals surface area contributed by atoms with Crippen molar-refractivity contribution in [3.8, 4) is 17.2 Å². The van der Waals surface area contributed by atoms with Crippen molar-refractivity contribution in [1.29, 1.82) is 0 Å². The number of rotatable bonds is 12. The molecule has 0 spiro atoms. The van der Waals surface area contributed by atoms with Gasteiger partial charge in [0.25, 0.3) is 5.56 Å². The molecule has 0 unspecified atom stereocenters. The highest BCUT2D eigenvalue weighted by Gasteiger charge is 2.33. The molecule has 1 atom stereocenters. The summed E-state index contributed by atoms with van der Waals surface area (Å²) in [7, 11) is 1.57. The van der Waals surface area contributed by atoms with Crippen LogP contribution >= 0.6 is 22.9 Å². The monoisotopic (exact) mass is 658 g/mol. The van der Waals surface area contributed by atoms with Gasteiger partial charge in [-0.05, 0) is 86.4 Å². The zero-order valence-electron chi connectivity index (χ0n) is 26.2. The third-order valence-corrected chi connectivity index (χ3v) is 8.57. The number of nitrogens with zero attached hydrogens (tertiary/aromatic N) is 2. The highest BCUT2D eigenvalue weighted by Crippen LogP contribution is 2.35. The van der Waals surface area contributed by atoms with Gasteiger partial charge in [-0.2, -0.15) is 0 Å². The van der Waals surface area contributed by atoms with E-state index in [0.717, 1.165) is 16.7 Å². The maximum Gasteiger partial charge on any atom is 0.338 e. The fraction of sp³-hybridized carbons (Fsp3) is 0.250. The van der Waals surface area contributed by atoms with Crippen LogP contribution in [0.1, 0.15) is 49.1 Å². The van der Waals surface area contributed by atoms with Crippen molar-refractivity contribution in [2.24, 2.45) is 4.99 Å². The summed E-state index contributed by atoms with van der Waals surface area (Å²) in [5.41, 5.74) is 3.81. The molecule has 1 aliphatic heterocycles. The van der Waals surface area contributed by atoms with Crippen LogP contribution in [-0.4, -0.2) is 30.9 Å². The van der Waals surface area contributed by atoms with Crippen molar-refractivity contribution in [2.75, 3.05) is 20.3 Å². The average molecular weight is 659 g/mol. The number of aromatic nitrogens is 1. The Labute approximate surface area is 276 Å². The number of carbonyl (C=O) groups is 1. The van der Waals surface area contributed by atoms with Crippen LogP contribution in [0.5, 0.6) is 17.2 Å². The number of methoxy groups -OCH3 is 1. The number of esters is 1. The number of thiazole rings is 1. The van der Waals surface area contributed by atoms with Crippen molar-refractivity contribution in [1.82, 2.24) is 4.57 Å². The van der Waals surface area contributed by atoms with E-state index in [9.17, 15) is 9.59 Å². The van der Waals surface area contributed by atoms with Crippen molar-refractivity contribution in [3.05, 3.63) is 132 Å². The summed E-state index contributed by atoms with van der Waals surface area (Å²) in [6.07, 6.45) is 4.14. The fourth-order valence-electron chi connectivity index (χ4n) is 5.31.